The average molecular weight is 171 g/mol. The molecule has 0 bridgehead atoms. The Bertz CT molecular complexity index is 196. The van der Waals surface area contributed by atoms with Gasteiger partial charge in [-0.25, -0.2) is 10.2 Å². The average Bonchev–Trinajstić information content (AvgIpc) is 2.00. The fraction of sp³-hybridized carbons (Fsp3) is 0.750. The molecular formula is C8H17N3O. The minimum atomic E-state index is -0.624. The molecule has 0 aliphatic heterocycles. The molecule has 4 nitrogen and oxygen atoms in total. The Morgan fingerprint density at radius 2 is 2.08 bits per heavy atom. The topological polar surface area (TPSA) is 67.5 Å². The van der Waals surface area contributed by atoms with Gasteiger partial charge in [0.05, 0.1) is 0 Å². The zero-order valence-corrected chi connectivity index (χ0v) is 8.14. The van der Waals surface area contributed by atoms with Crippen LogP contribution in [0, 0.1) is 5.41 Å². The lowest BCUT2D eigenvalue weighted by Crippen LogP contribution is -2.29. The van der Waals surface area contributed by atoms with Gasteiger partial charge in [-0.2, -0.15) is 5.10 Å². The molecule has 0 aromatic rings. The van der Waals surface area contributed by atoms with Crippen LogP contribution in [0.5, 0.6) is 0 Å². The first-order valence-corrected chi connectivity index (χ1v) is 4.00. The summed E-state index contributed by atoms with van der Waals surface area (Å²) in [6, 6.07) is -0.624. The first-order chi connectivity index (χ1) is 5.40. The Balaban J connectivity index is 4.26. The number of hydrogen-bond acceptors (Lipinski definition) is 2. The number of rotatable bonds is 3. The maximum absolute atomic E-state index is 10.3. The number of amides is 2. The molecule has 0 radical (unpaired) electrons. The smallest absolute Gasteiger partial charge is 0.332 e. The maximum Gasteiger partial charge on any atom is 0.332 e. The summed E-state index contributed by atoms with van der Waals surface area (Å²) < 4.78 is 0. The van der Waals surface area contributed by atoms with Crippen LogP contribution in [0.2, 0.25) is 0 Å². The third-order valence-corrected chi connectivity index (χ3v) is 2.20. The predicted molar refractivity (Wildman–Crippen MR) is 49.9 cm³/mol. The normalized spacial score (nSPS) is 12.8. The molecule has 0 atom stereocenters. The number of nitrogens with one attached hydrogen (secondary N) is 1. The second-order valence-corrected chi connectivity index (χ2v) is 3.41. The van der Waals surface area contributed by atoms with E-state index < -0.39 is 6.03 Å². The Morgan fingerprint density at radius 1 is 1.58 bits per heavy atom. The van der Waals surface area contributed by atoms with Crippen molar-refractivity contribution in [3.8, 4) is 0 Å². The van der Waals surface area contributed by atoms with Crippen molar-refractivity contribution in [2.24, 2.45) is 16.3 Å². The van der Waals surface area contributed by atoms with E-state index in [2.05, 4.69) is 31.3 Å². The van der Waals surface area contributed by atoms with Crippen molar-refractivity contribution < 1.29 is 4.79 Å². The molecule has 0 fully saturated rings. The minimum Gasteiger partial charge on any atom is -0.350 e. The molecule has 2 amide bonds. The standard InChI is InChI=1S/C8H17N3O/c1-5-8(3,4)6(2)10-11-7(9)12/h5H2,1-4H3,(H3,9,11,12)/b10-6+. The van der Waals surface area contributed by atoms with Gasteiger partial charge in [0.15, 0.2) is 0 Å². The SMILES string of the molecule is CCC(C)(C)/C(C)=N/NC(N)=O. The van der Waals surface area contributed by atoms with Crippen LogP contribution in [0.3, 0.4) is 0 Å². The molecular weight excluding hydrogens is 154 g/mol. The van der Waals surface area contributed by atoms with Crippen LogP contribution in [0.1, 0.15) is 34.1 Å². The predicted octanol–water partition coefficient (Wildman–Crippen LogP) is 1.47. The molecule has 0 aliphatic rings. The summed E-state index contributed by atoms with van der Waals surface area (Å²) in [6.07, 6.45) is 0.975. The molecule has 0 aromatic heterocycles. The fourth-order valence-electron chi connectivity index (χ4n) is 0.546. The van der Waals surface area contributed by atoms with E-state index in [9.17, 15) is 4.79 Å². The Morgan fingerprint density at radius 3 is 2.42 bits per heavy atom. The van der Waals surface area contributed by atoms with Crippen LogP contribution in [0.25, 0.3) is 0 Å². The van der Waals surface area contributed by atoms with E-state index in [-0.39, 0.29) is 5.41 Å². The fourth-order valence-corrected chi connectivity index (χ4v) is 0.546. The summed E-state index contributed by atoms with van der Waals surface area (Å²) in [5, 5.41) is 3.86. The highest BCUT2D eigenvalue weighted by molar-refractivity contribution is 5.88. The van der Waals surface area contributed by atoms with Gasteiger partial charge in [-0.3, -0.25) is 0 Å². The zero-order valence-electron chi connectivity index (χ0n) is 8.14. The Labute approximate surface area is 73.2 Å². The number of hydrazone groups is 1. The summed E-state index contributed by atoms with van der Waals surface area (Å²) in [7, 11) is 0. The maximum atomic E-state index is 10.3. The van der Waals surface area contributed by atoms with Crippen LogP contribution in [-0.4, -0.2) is 11.7 Å². The molecule has 12 heavy (non-hydrogen) atoms. The number of urea groups is 1. The Kier molecular flexibility index (Phi) is 3.73. The highest BCUT2D eigenvalue weighted by Crippen LogP contribution is 2.21. The molecule has 0 rings (SSSR count). The second-order valence-electron chi connectivity index (χ2n) is 3.41. The third-order valence-electron chi connectivity index (χ3n) is 2.20. The molecule has 0 unspecified atom stereocenters. The van der Waals surface area contributed by atoms with Crippen LogP contribution < -0.4 is 11.2 Å². The minimum absolute atomic E-state index is 0.0163. The van der Waals surface area contributed by atoms with Crippen LogP contribution in [0.15, 0.2) is 5.10 Å². The van der Waals surface area contributed by atoms with Crippen molar-refractivity contribution in [1.29, 1.82) is 0 Å². The number of nitrogens with two attached hydrogens (primary N) is 1. The van der Waals surface area contributed by atoms with Gasteiger partial charge in [0, 0.05) is 11.1 Å². The number of nitrogens with zero attached hydrogens (tertiary/aromatic N) is 1. The molecule has 0 saturated heterocycles. The summed E-state index contributed by atoms with van der Waals surface area (Å²) in [4.78, 5) is 10.3. The van der Waals surface area contributed by atoms with Crippen molar-refractivity contribution in [2.75, 3.05) is 0 Å². The highest BCUT2D eigenvalue weighted by atomic mass is 16.2. The first kappa shape index (κ1) is 10.9. The summed E-state index contributed by atoms with van der Waals surface area (Å²) >= 11 is 0. The van der Waals surface area contributed by atoms with E-state index in [1.165, 1.54) is 0 Å². The van der Waals surface area contributed by atoms with E-state index in [1.54, 1.807) is 0 Å². The van der Waals surface area contributed by atoms with Gasteiger partial charge >= 0.3 is 6.03 Å². The van der Waals surface area contributed by atoms with Gasteiger partial charge in [-0.15, -0.1) is 0 Å². The van der Waals surface area contributed by atoms with Crippen molar-refractivity contribution >= 4 is 11.7 Å². The molecule has 0 saturated carbocycles. The van der Waals surface area contributed by atoms with Crippen LogP contribution in [0.4, 0.5) is 4.79 Å². The van der Waals surface area contributed by atoms with E-state index in [4.69, 9.17) is 5.73 Å². The van der Waals surface area contributed by atoms with Crippen LogP contribution in [-0.2, 0) is 0 Å². The van der Waals surface area contributed by atoms with Gasteiger partial charge in [0.25, 0.3) is 0 Å². The molecule has 4 heteroatoms. The van der Waals surface area contributed by atoms with Gasteiger partial charge in [-0.05, 0) is 13.3 Å². The van der Waals surface area contributed by atoms with Crippen molar-refractivity contribution in [3.63, 3.8) is 0 Å². The summed E-state index contributed by atoms with van der Waals surface area (Å²) in [6.45, 7) is 8.08. The molecule has 0 spiro atoms. The summed E-state index contributed by atoms with van der Waals surface area (Å²) in [5.74, 6) is 0. The van der Waals surface area contributed by atoms with Gasteiger partial charge in [0.2, 0.25) is 0 Å². The number of hydrogen-bond donors (Lipinski definition) is 2. The van der Waals surface area contributed by atoms with E-state index in [0.717, 1.165) is 12.1 Å². The third kappa shape index (κ3) is 3.37. The largest absolute Gasteiger partial charge is 0.350 e. The van der Waals surface area contributed by atoms with E-state index >= 15 is 0 Å². The number of primary amides is 1. The monoisotopic (exact) mass is 171 g/mol. The van der Waals surface area contributed by atoms with Crippen molar-refractivity contribution in [3.05, 3.63) is 0 Å². The summed E-state index contributed by atoms with van der Waals surface area (Å²) in [5.41, 5.74) is 7.98. The second kappa shape index (κ2) is 4.09. The quantitative estimate of drug-likeness (QED) is 0.490. The van der Waals surface area contributed by atoms with Crippen LogP contribution >= 0.6 is 0 Å². The molecule has 70 valence electrons. The lowest BCUT2D eigenvalue weighted by molar-refractivity contribution is 0.249. The van der Waals surface area contributed by atoms with Gasteiger partial charge in [0.1, 0.15) is 0 Å². The van der Waals surface area contributed by atoms with E-state index in [1.807, 2.05) is 6.92 Å². The highest BCUT2D eigenvalue weighted by Gasteiger charge is 2.18. The molecule has 0 heterocycles. The lowest BCUT2D eigenvalue weighted by Gasteiger charge is -2.21. The molecule has 0 aromatic carbocycles. The number of carbonyl (C=O) groups is 1. The lowest BCUT2D eigenvalue weighted by atomic mass is 9.86. The first-order valence-electron chi connectivity index (χ1n) is 4.00. The van der Waals surface area contributed by atoms with Gasteiger partial charge < -0.3 is 5.73 Å². The zero-order chi connectivity index (χ0) is 9.78. The Hall–Kier alpha value is -1.06. The van der Waals surface area contributed by atoms with E-state index in [0.29, 0.717) is 0 Å². The van der Waals surface area contributed by atoms with Crippen molar-refractivity contribution in [2.45, 2.75) is 34.1 Å². The van der Waals surface area contributed by atoms with Gasteiger partial charge in [-0.1, -0.05) is 20.8 Å². The molecule has 3 N–H and O–H groups in total. The molecule has 0 aliphatic carbocycles. The van der Waals surface area contributed by atoms with Crippen molar-refractivity contribution in [1.82, 2.24) is 5.43 Å². The number of carbonyl (C=O) groups excluding carboxylic acids is 1.